The van der Waals surface area contributed by atoms with Gasteiger partial charge in [0.2, 0.25) is 0 Å². The standard InChI is InChI=1S/C20H22FN3O/c21-17-7-3-1-5-15(17)13-11-14(12-13)23-20(22)24-18-9-10-25-19-8-4-2-6-16(18)19/h1-8,13-14,18H,9-12H2,(H3,22,23,24). The molecule has 0 aromatic heterocycles. The number of para-hydroxylation sites is 1. The SMILES string of the molecule is NC(=NC1CCOc2ccccc21)NC1CC(c2ccccc2F)C1. The first-order valence-corrected chi connectivity index (χ1v) is 8.76. The quantitative estimate of drug-likeness (QED) is 0.665. The third kappa shape index (κ3) is 3.31. The van der Waals surface area contributed by atoms with Gasteiger partial charge in [0.25, 0.3) is 0 Å². The number of hydrogen-bond donors (Lipinski definition) is 2. The van der Waals surface area contributed by atoms with Crippen molar-refractivity contribution >= 4 is 5.96 Å². The number of nitrogens with one attached hydrogen (secondary N) is 1. The Morgan fingerprint density at radius 3 is 2.60 bits per heavy atom. The van der Waals surface area contributed by atoms with Crippen molar-refractivity contribution in [3.05, 3.63) is 65.5 Å². The van der Waals surface area contributed by atoms with Crippen LogP contribution in [0, 0.1) is 5.82 Å². The zero-order valence-electron chi connectivity index (χ0n) is 14.0. The Morgan fingerprint density at radius 1 is 1.08 bits per heavy atom. The molecule has 1 heterocycles. The van der Waals surface area contributed by atoms with Gasteiger partial charge < -0.3 is 15.8 Å². The van der Waals surface area contributed by atoms with Gasteiger partial charge in [0, 0.05) is 18.0 Å². The van der Waals surface area contributed by atoms with E-state index in [0.717, 1.165) is 36.1 Å². The molecule has 1 unspecified atom stereocenters. The third-order valence-corrected chi connectivity index (χ3v) is 5.06. The van der Waals surface area contributed by atoms with Crippen LogP contribution in [0.4, 0.5) is 4.39 Å². The van der Waals surface area contributed by atoms with Crippen LogP contribution < -0.4 is 15.8 Å². The van der Waals surface area contributed by atoms with Crippen LogP contribution in [0.5, 0.6) is 5.75 Å². The van der Waals surface area contributed by atoms with Gasteiger partial charge in [-0.1, -0.05) is 36.4 Å². The second-order valence-corrected chi connectivity index (χ2v) is 6.74. The average Bonchev–Trinajstić information content (AvgIpc) is 2.59. The summed E-state index contributed by atoms with van der Waals surface area (Å²) in [6.07, 6.45) is 2.57. The zero-order valence-corrected chi connectivity index (χ0v) is 14.0. The minimum atomic E-state index is -0.119. The summed E-state index contributed by atoms with van der Waals surface area (Å²) < 4.78 is 19.5. The molecule has 2 aromatic rings. The number of ether oxygens (including phenoxy) is 1. The van der Waals surface area contributed by atoms with Crippen molar-refractivity contribution in [3.63, 3.8) is 0 Å². The Hall–Kier alpha value is -2.56. The van der Waals surface area contributed by atoms with Gasteiger partial charge >= 0.3 is 0 Å². The average molecular weight is 339 g/mol. The van der Waals surface area contributed by atoms with Gasteiger partial charge in [-0.05, 0) is 36.5 Å². The number of aliphatic imine (C=N–C) groups is 1. The summed E-state index contributed by atoms with van der Waals surface area (Å²) in [4.78, 5) is 4.64. The number of benzene rings is 2. The molecule has 1 atom stereocenters. The summed E-state index contributed by atoms with van der Waals surface area (Å²) in [7, 11) is 0. The predicted octanol–water partition coefficient (Wildman–Crippen LogP) is 3.50. The molecule has 2 aliphatic rings. The van der Waals surface area contributed by atoms with Crippen LogP contribution in [-0.2, 0) is 0 Å². The summed E-state index contributed by atoms with van der Waals surface area (Å²) in [5.41, 5.74) is 7.99. The van der Waals surface area contributed by atoms with Crippen LogP contribution in [0.15, 0.2) is 53.5 Å². The van der Waals surface area contributed by atoms with E-state index in [0.29, 0.717) is 12.6 Å². The van der Waals surface area contributed by atoms with Crippen molar-refractivity contribution in [3.8, 4) is 5.75 Å². The summed E-state index contributed by atoms with van der Waals surface area (Å²) >= 11 is 0. The summed E-state index contributed by atoms with van der Waals surface area (Å²) in [6.45, 7) is 0.650. The third-order valence-electron chi connectivity index (χ3n) is 5.06. The molecule has 0 saturated heterocycles. The molecular weight excluding hydrogens is 317 g/mol. The Bertz CT molecular complexity index is 786. The first kappa shape index (κ1) is 15.9. The van der Waals surface area contributed by atoms with Crippen LogP contribution in [0.2, 0.25) is 0 Å². The highest BCUT2D eigenvalue weighted by molar-refractivity contribution is 5.78. The first-order valence-electron chi connectivity index (χ1n) is 8.76. The van der Waals surface area contributed by atoms with E-state index in [2.05, 4.69) is 10.3 Å². The molecule has 130 valence electrons. The molecule has 0 amide bonds. The maximum atomic E-state index is 13.8. The highest BCUT2D eigenvalue weighted by Gasteiger charge is 2.32. The van der Waals surface area contributed by atoms with Crippen molar-refractivity contribution in [2.45, 2.75) is 37.3 Å². The van der Waals surface area contributed by atoms with E-state index in [9.17, 15) is 4.39 Å². The van der Waals surface area contributed by atoms with Crippen LogP contribution >= 0.6 is 0 Å². The monoisotopic (exact) mass is 339 g/mol. The van der Waals surface area contributed by atoms with Gasteiger partial charge in [-0.2, -0.15) is 0 Å². The fourth-order valence-corrected chi connectivity index (χ4v) is 3.67. The molecule has 25 heavy (non-hydrogen) atoms. The Kier molecular flexibility index (Phi) is 4.30. The lowest BCUT2D eigenvalue weighted by molar-refractivity contribution is 0.269. The van der Waals surface area contributed by atoms with Gasteiger partial charge in [-0.15, -0.1) is 0 Å². The lowest BCUT2D eigenvalue weighted by Crippen LogP contribution is -2.47. The number of rotatable bonds is 3. The van der Waals surface area contributed by atoms with Crippen LogP contribution in [0.1, 0.15) is 42.3 Å². The van der Waals surface area contributed by atoms with E-state index < -0.39 is 0 Å². The van der Waals surface area contributed by atoms with Crippen molar-refractivity contribution in [1.29, 1.82) is 0 Å². The minimum Gasteiger partial charge on any atom is -0.493 e. The van der Waals surface area contributed by atoms with Crippen LogP contribution in [-0.4, -0.2) is 18.6 Å². The van der Waals surface area contributed by atoms with E-state index in [4.69, 9.17) is 10.5 Å². The van der Waals surface area contributed by atoms with Gasteiger partial charge in [0.15, 0.2) is 5.96 Å². The van der Waals surface area contributed by atoms with Crippen molar-refractivity contribution in [1.82, 2.24) is 5.32 Å². The molecule has 2 aromatic carbocycles. The molecule has 4 rings (SSSR count). The highest BCUT2D eigenvalue weighted by atomic mass is 19.1. The lowest BCUT2D eigenvalue weighted by Gasteiger charge is -2.36. The molecule has 1 aliphatic carbocycles. The van der Waals surface area contributed by atoms with Gasteiger partial charge in [-0.3, -0.25) is 0 Å². The zero-order chi connectivity index (χ0) is 17.2. The largest absolute Gasteiger partial charge is 0.493 e. The van der Waals surface area contributed by atoms with E-state index in [1.54, 1.807) is 6.07 Å². The lowest BCUT2D eigenvalue weighted by atomic mass is 9.76. The van der Waals surface area contributed by atoms with E-state index in [-0.39, 0.29) is 23.8 Å². The Labute approximate surface area is 146 Å². The number of nitrogens with two attached hydrogens (primary N) is 1. The van der Waals surface area contributed by atoms with E-state index in [1.807, 2.05) is 36.4 Å². The van der Waals surface area contributed by atoms with Crippen molar-refractivity contribution in [2.24, 2.45) is 10.7 Å². The van der Waals surface area contributed by atoms with Crippen LogP contribution in [0.25, 0.3) is 0 Å². The fraction of sp³-hybridized carbons (Fsp3) is 0.350. The molecule has 1 aliphatic heterocycles. The van der Waals surface area contributed by atoms with Crippen molar-refractivity contribution in [2.75, 3.05) is 6.61 Å². The second-order valence-electron chi connectivity index (χ2n) is 6.74. The summed E-state index contributed by atoms with van der Waals surface area (Å²) in [5, 5.41) is 3.28. The van der Waals surface area contributed by atoms with E-state index in [1.165, 1.54) is 6.07 Å². The van der Waals surface area contributed by atoms with E-state index >= 15 is 0 Å². The van der Waals surface area contributed by atoms with Crippen molar-refractivity contribution < 1.29 is 9.13 Å². The molecule has 1 fully saturated rings. The fourth-order valence-electron chi connectivity index (χ4n) is 3.67. The maximum absolute atomic E-state index is 13.8. The maximum Gasteiger partial charge on any atom is 0.189 e. The number of fused-ring (bicyclic) bond motifs is 1. The molecule has 3 N–H and O–H groups in total. The molecule has 5 heteroatoms. The topological polar surface area (TPSA) is 59.6 Å². The molecule has 0 spiro atoms. The molecule has 0 bridgehead atoms. The van der Waals surface area contributed by atoms with Gasteiger partial charge in [-0.25, -0.2) is 9.38 Å². The Balaban J connectivity index is 1.37. The normalized spacial score (nSPS) is 25.5. The minimum absolute atomic E-state index is 0.0277. The second kappa shape index (κ2) is 6.75. The summed E-state index contributed by atoms with van der Waals surface area (Å²) in [6, 6.07) is 15.2. The predicted molar refractivity (Wildman–Crippen MR) is 96.2 cm³/mol. The number of nitrogens with zero attached hydrogens (tertiary/aromatic N) is 1. The molecule has 1 saturated carbocycles. The number of halogens is 1. The Morgan fingerprint density at radius 2 is 1.80 bits per heavy atom. The summed E-state index contributed by atoms with van der Waals surface area (Å²) in [5.74, 6) is 1.49. The van der Waals surface area contributed by atoms with Crippen LogP contribution in [0.3, 0.4) is 0 Å². The molecule has 4 nitrogen and oxygen atoms in total. The first-order chi connectivity index (χ1) is 12.2. The van der Waals surface area contributed by atoms with Gasteiger partial charge in [0.05, 0.1) is 12.6 Å². The molecular formula is C20H22FN3O. The number of hydrogen-bond acceptors (Lipinski definition) is 2. The van der Waals surface area contributed by atoms with Gasteiger partial charge in [0.1, 0.15) is 11.6 Å². The highest BCUT2D eigenvalue weighted by Crippen LogP contribution is 2.38. The number of guanidine groups is 1. The smallest absolute Gasteiger partial charge is 0.189 e. The molecule has 0 radical (unpaired) electrons.